The van der Waals surface area contributed by atoms with Gasteiger partial charge in [-0.3, -0.25) is 4.99 Å². The van der Waals surface area contributed by atoms with Crippen molar-refractivity contribution in [3.8, 4) is 0 Å². The third kappa shape index (κ3) is 5.31. The number of benzene rings is 1. The van der Waals surface area contributed by atoms with Crippen LogP contribution in [0.2, 0.25) is 0 Å². The van der Waals surface area contributed by atoms with E-state index in [4.69, 9.17) is 11.5 Å². The van der Waals surface area contributed by atoms with E-state index in [0.717, 1.165) is 25.0 Å². The fourth-order valence-electron chi connectivity index (χ4n) is 4.19. The molecule has 26 heavy (non-hydrogen) atoms. The molecule has 0 aromatic heterocycles. The van der Waals surface area contributed by atoms with Gasteiger partial charge in [-0.15, -0.1) is 0 Å². The lowest BCUT2D eigenvalue weighted by Gasteiger charge is -2.33. The molecular formula is C23H35N3. The second-order valence-electron chi connectivity index (χ2n) is 7.79. The van der Waals surface area contributed by atoms with E-state index in [2.05, 4.69) is 49.7 Å². The second-order valence-corrected chi connectivity index (χ2v) is 7.79. The summed E-state index contributed by atoms with van der Waals surface area (Å²) >= 11 is 0. The van der Waals surface area contributed by atoms with Gasteiger partial charge in [0.2, 0.25) is 0 Å². The molecule has 0 saturated heterocycles. The number of nitrogens with zero attached hydrogens (tertiary/aromatic N) is 1. The van der Waals surface area contributed by atoms with E-state index in [1.165, 1.54) is 29.5 Å². The first kappa shape index (κ1) is 20.4. The summed E-state index contributed by atoms with van der Waals surface area (Å²) in [5.41, 5.74) is 17.2. The Morgan fingerprint density at radius 2 is 1.92 bits per heavy atom. The molecule has 1 aromatic rings. The number of rotatable bonds is 7. The Bertz CT molecular complexity index is 651. The van der Waals surface area contributed by atoms with Gasteiger partial charge >= 0.3 is 0 Å². The van der Waals surface area contributed by atoms with Crippen LogP contribution in [0.25, 0.3) is 5.57 Å². The lowest BCUT2D eigenvalue weighted by atomic mass is 9.75. The summed E-state index contributed by atoms with van der Waals surface area (Å²) in [6.07, 6.45) is 9.37. The molecule has 1 aliphatic carbocycles. The molecule has 4 N–H and O–H groups in total. The highest BCUT2D eigenvalue weighted by molar-refractivity contribution is 5.68. The summed E-state index contributed by atoms with van der Waals surface area (Å²) in [4.78, 5) is 4.28. The lowest BCUT2D eigenvalue weighted by molar-refractivity contribution is 0.250. The van der Waals surface area contributed by atoms with E-state index in [1.54, 1.807) is 0 Å². The van der Waals surface area contributed by atoms with Crippen LogP contribution >= 0.6 is 0 Å². The zero-order chi connectivity index (χ0) is 19.1. The highest BCUT2D eigenvalue weighted by atomic mass is 14.7. The monoisotopic (exact) mass is 353 g/mol. The average molecular weight is 354 g/mol. The standard InChI is InChI=1S/C23H35N3/c1-5-26-15-17(3)22-9-7-6-8-21(22)16(2)14-23(25)20-12-10-19(11-13-20)18(4)24/h5-9,15-16,19-20,23H,4,10-14,24-25H2,1-3H3/b17-15+,26-5?. The Labute approximate surface area is 159 Å². The Morgan fingerprint density at radius 3 is 2.54 bits per heavy atom. The SMILES string of the molecule is C=C(N)C1CCC(C(N)CC(C)c2ccccc2/C(C)=C/N=CC)CC1. The van der Waals surface area contributed by atoms with Crippen LogP contribution in [0.3, 0.4) is 0 Å². The summed E-state index contributed by atoms with van der Waals surface area (Å²) in [6.45, 7) is 10.3. The average Bonchev–Trinajstić information content (AvgIpc) is 2.66. The fourth-order valence-corrected chi connectivity index (χ4v) is 4.19. The lowest BCUT2D eigenvalue weighted by Crippen LogP contribution is -2.35. The zero-order valence-corrected chi connectivity index (χ0v) is 16.6. The summed E-state index contributed by atoms with van der Waals surface area (Å²) in [5.74, 6) is 1.52. The van der Waals surface area contributed by atoms with Crippen LogP contribution in [0.4, 0.5) is 0 Å². The highest BCUT2D eigenvalue weighted by Crippen LogP contribution is 2.36. The fraction of sp³-hybridized carbons (Fsp3) is 0.522. The van der Waals surface area contributed by atoms with Crippen molar-refractivity contribution in [1.82, 2.24) is 0 Å². The zero-order valence-electron chi connectivity index (χ0n) is 16.6. The largest absolute Gasteiger partial charge is 0.402 e. The predicted molar refractivity (Wildman–Crippen MR) is 114 cm³/mol. The first-order valence-electron chi connectivity index (χ1n) is 9.87. The van der Waals surface area contributed by atoms with Gasteiger partial charge in [-0.2, -0.15) is 0 Å². The minimum absolute atomic E-state index is 0.239. The molecule has 0 radical (unpaired) electrons. The van der Waals surface area contributed by atoms with Crippen LogP contribution in [0, 0.1) is 11.8 Å². The Balaban J connectivity index is 2.04. The summed E-state index contributed by atoms with van der Waals surface area (Å²) in [7, 11) is 0. The van der Waals surface area contributed by atoms with Crippen molar-refractivity contribution in [2.45, 2.75) is 64.8 Å². The third-order valence-electron chi connectivity index (χ3n) is 5.86. The van der Waals surface area contributed by atoms with Crippen LogP contribution < -0.4 is 11.5 Å². The summed E-state index contributed by atoms with van der Waals surface area (Å²) in [6, 6.07) is 8.87. The van der Waals surface area contributed by atoms with Crippen molar-refractivity contribution in [3.05, 3.63) is 53.9 Å². The van der Waals surface area contributed by atoms with Gasteiger partial charge in [-0.05, 0) is 80.4 Å². The normalized spacial score (nSPS) is 23.8. The van der Waals surface area contributed by atoms with E-state index < -0.39 is 0 Å². The Hall–Kier alpha value is -1.87. The molecule has 1 saturated carbocycles. The van der Waals surface area contributed by atoms with Crippen LogP contribution in [0.15, 0.2) is 47.7 Å². The van der Waals surface area contributed by atoms with Gasteiger partial charge in [0.1, 0.15) is 0 Å². The first-order valence-corrected chi connectivity index (χ1v) is 9.87. The molecule has 0 amide bonds. The van der Waals surface area contributed by atoms with Crippen molar-refractivity contribution in [1.29, 1.82) is 0 Å². The molecule has 2 rings (SSSR count). The molecule has 3 nitrogen and oxygen atoms in total. The topological polar surface area (TPSA) is 64.4 Å². The van der Waals surface area contributed by atoms with Crippen LogP contribution in [-0.2, 0) is 0 Å². The number of hydrogen-bond donors (Lipinski definition) is 2. The molecular weight excluding hydrogens is 318 g/mol. The van der Waals surface area contributed by atoms with Gasteiger partial charge < -0.3 is 11.5 Å². The van der Waals surface area contributed by atoms with Gasteiger partial charge in [0.05, 0.1) is 0 Å². The van der Waals surface area contributed by atoms with Crippen molar-refractivity contribution in [2.75, 3.05) is 0 Å². The summed E-state index contributed by atoms with van der Waals surface area (Å²) < 4.78 is 0. The van der Waals surface area contributed by atoms with Crippen molar-refractivity contribution in [2.24, 2.45) is 28.3 Å². The number of hydrogen-bond acceptors (Lipinski definition) is 3. The van der Waals surface area contributed by atoms with E-state index in [9.17, 15) is 0 Å². The van der Waals surface area contributed by atoms with E-state index in [1.807, 2.05) is 19.3 Å². The molecule has 1 aliphatic rings. The maximum atomic E-state index is 6.62. The smallest absolute Gasteiger partial charge is 0.0299 e. The maximum Gasteiger partial charge on any atom is 0.0299 e. The first-order chi connectivity index (χ1) is 12.4. The number of allylic oxidation sites excluding steroid dienone is 2. The molecule has 1 fully saturated rings. The molecule has 3 heteroatoms. The molecule has 2 unspecified atom stereocenters. The van der Waals surface area contributed by atoms with Gasteiger partial charge in [0.25, 0.3) is 0 Å². The highest BCUT2D eigenvalue weighted by Gasteiger charge is 2.27. The van der Waals surface area contributed by atoms with E-state index in [0.29, 0.717) is 17.8 Å². The van der Waals surface area contributed by atoms with Gasteiger partial charge in [-0.25, -0.2) is 0 Å². The summed E-state index contributed by atoms with van der Waals surface area (Å²) in [5, 5.41) is 0. The second kappa shape index (κ2) is 9.72. The molecule has 0 heterocycles. The number of nitrogens with two attached hydrogens (primary N) is 2. The third-order valence-corrected chi connectivity index (χ3v) is 5.86. The maximum absolute atomic E-state index is 6.62. The Kier molecular flexibility index (Phi) is 7.65. The van der Waals surface area contributed by atoms with E-state index >= 15 is 0 Å². The minimum atomic E-state index is 0.239. The molecule has 142 valence electrons. The Morgan fingerprint density at radius 1 is 1.27 bits per heavy atom. The molecule has 0 bridgehead atoms. The molecule has 0 spiro atoms. The van der Waals surface area contributed by atoms with Crippen molar-refractivity contribution >= 4 is 11.8 Å². The van der Waals surface area contributed by atoms with Crippen molar-refractivity contribution in [3.63, 3.8) is 0 Å². The van der Waals surface area contributed by atoms with E-state index in [-0.39, 0.29) is 6.04 Å². The number of aliphatic imine (C=N–C) groups is 1. The van der Waals surface area contributed by atoms with Crippen LogP contribution in [0.1, 0.15) is 69.9 Å². The van der Waals surface area contributed by atoms with Gasteiger partial charge in [0.15, 0.2) is 0 Å². The van der Waals surface area contributed by atoms with Crippen LogP contribution in [0.5, 0.6) is 0 Å². The van der Waals surface area contributed by atoms with Gasteiger partial charge in [-0.1, -0.05) is 37.8 Å². The van der Waals surface area contributed by atoms with Crippen LogP contribution in [-0.4, -0.2) is 12.3 Å². The quantitative estimate of drug-likeness (QED) is 0.659. The molecule has 1 aromatic carbocycles. The predicted octanol–water partition coefficient (Wildman–Crippen LogP) is 5.24. The minimum Gasteiger partial charge on any atom is -0.402 e. The van der Waals surface area contributed by atoms with Crippen molar-refractivity contribution < 1.29 is 0 Å². The van der Waals surface area contributed by atoms with Gasteiger partial charge in [0, 0.05) is 24.2 Å². The molecule has 2 atom stereocenters. The molecule has 0 aliphatic heterocycles.